The summed E-state index contributed by atoms with van der Waals surface area (Å²) in [5, 5.41) is 8.70. The van der Waals surface area contributed by atoms with Crippen molar-refractivity contribution in [1.82, 2.24) is 9.55 Å². The van der Waals surface area contributed by atoms with Crippen LogP contribution in [0, 0.1) is 11.3 Å². The molecule has 1 heterocycles. The second-order valence-corrected chi connectivity index (χ2v) is 5.36. The maximum Gasteiger partial charge on any atom is 0.205 e. The number of imidazole rings is 1. The number of anilines is 1. The first-order valence-corrected chi connectivity index (χ1v) is 6.88. The van der Waals surface area contributed by atoms with Crippen LogP contribution in [-0.4, -0.2) is 9.55 Å². The van der Waals surface area contributed by atoms with Crippen molar-refractivity contribution in [2.75, 3.05) is 5.73 Å². The largest absolute Gasteiger partial charge is 0.369 e. The Bertz CT molecular complexity index is 812. The Kier molecular flexibility index (Phi) is 3.17. The molecule has 0 saturated carbocycles. The molecule has 2 aromatic carbocycles. The number of hydrogen-bond donors (Lipinski definition) is 1. The topological polar surface area (TPSA) is 67.6 Å². The zero-order chi connectivity index (χ0) is 14.1. The third kappa shape index (κ3) is 2.15. The molecule has 3 aromatic rings. The van der Waals surface area contributed by atoms with E-state index in [1.54, 1.807) is 0 Å². The first kappa shape index (κ1) is 12.7. The molecule has 0 aliphatic heterocycles. The highest BCUT2D eigenvalue weighted by atomic mass is 79.9. The molecule has 0 atom stereocenters. The van der Waals surface area contributed by atoms with E-state index >= 15 is 0 Å². The van der Waals surface area contributed by atoms with Crippen molar-refractivity contribution in [2.24, 2.45) is 0 Å². The van der Waals surface area contributed by atoms with E-state index < -0.39 is 0 Å². The summed E-state index contributed by atoms with van der Waals surface area (Å²) in [6, 6.07) is 15.8. The van der Waals surface area contributed by atoms with E-state index in [-0.39, 0.29) is 0 Å². The minimum absolute atomic E-state index is 0.409. The van der Waals surface area contributed by atoms with Gasteiger partial charge in [-0.2, -0.15) is 5.26 Å². The lowest BCUT2D eigenvalue weighted by Crippen LogP contribution is -2.00. The number of halogens is 1. The molecule has 0 unspecified atom stereocenters. The Morgan fingerprint density at radius 3 is 2.65 bits per heavy atom. The summed E-state index contributed by atoms with van der Waals surface area (Å²) in [6.07, 6.45) is 0.409. The summed E-state index contributed by atoms with van der Waals surface area (Å²) in [7, 11) is 0. The molecule has 0 saturated heterocycles. The van der Waals surface area contributed by atoms with Gasteiger partial charge in [-0.1, -0.05) is 28.1 Å². The van der Waals surface area contributed by atoms with Gasteiger partial charge in [0.1, 0.15) is 0 Å². The predicted octanol–water partition coefficient (Wildman–Crippen LogP) is 3.44. The van der Waals surface area contributed by atoms with Crippen molar-refractivity contribution >= 4 is 32.9 Å². The van der Waals surface area contributed by atoms with Crippen molar-refractivity contribution in [3.63, 3.8) is 0 Å². The molecular weight excluding hydrogens is 316 g/mol. The normalized spacial score (nSPS) is 10.6. The highest BCUT2D eigenvalue weighted by molar-refractivity contribution is 9.10. The molecule has 0 radical (unpaired) electrons. The number of nitrogens with two attached hydrogens (primary N) is 1. The van der Waals surface area contributed by atoms with Gasteiger partial charge in [-0.25, -0.2) is 4.98 Å². The fourth-order valence-electron chi connectivity index (χ4n) is 2.19. The molecular formula is C15H11BrN4. The van der Waals surface area contributed by atoms with Crippen LogP contribution < -0.4 is 5.73 Å². The van der Waals surface area contributed by atoms with Crippen molar-refractivity contribution in [3.8, 4) is 11.8 Å². The Labute approximate surface area is 124 Å². The van der Waals surface area contributed by atoms with E-state index in [0.29, 0.717) is 12.4 Å². The smallest absolute Gasteiger partial charge is 0.205 e. The maximum absolute atomic E-state index is 8.70. The van der Waals surface area contributed by atoms with Crippen LogP contribution in [0.15, 0.2) is 46.9 Å². The van der Waals surface area contributed by atoms with Crippen molar-refractivity contribution < 1.29 is 0 Å². The van der Waals surface area contributed by atoms with Crippen LogP contribution in [0.4, 0.5) is 5.95 Å². The van der Waals surface area contributed by atoms with Gasteiger partial charge in [0, 0.05) is 10.2 Å². The number of rotatable bonds is 2. The average molecular weight is 327 g/mol. The van der Waals surface area contributed by atoms with Gasteiger partial charge in [0.2, 0.25) is 5.95 Å². The Morgan fingerprint density at radius 2 is 1.95 bits per heavy atom. The predicted molar refractivity (Wildman–Crippen MR) is 82.5 cm³/mol. The molecule has 0 spiro atoms. The molecule has 3 rings (SSSR count). The number of benzene rings is 2. The molecule has 98 valence electrons. The zero-order valence-electron chi connectivity index (χ0n) is 10.5. The minimum atomic E-state index is 0.409. The van der Waals surface area contributed by atoms with E-state index in [9.17, 15) is 0 Å². The number of nitriles is 1. The average Bonchev–Trinajstić information content (AvgIpc) is 2.76. The monoisotopic (exact) mass is 326 g/mol. The van der Waals surface area contributed by atoms with Crippen molar-refractivity contribution in [3.05, 3.63) is 52.5 Å². The Hall–Kier alpha value is -2.32. The van der Waals surface area contributed by atoms with Gasteiger partial charge in [-0.3, -0.25) is 4.57 Å². The van der Waals surface area contributed by atoms with Crippen LogP contribution in [0.3, 0.4) is 0 Å². The van der Waals surface area contributed by atoms with Gasteiger partial charge < -0.3 is 5.73 Å². The molecule has 0 aliphatic rings. The lowest BCUT2D eigenvalue weighted by atomic mass is 10.1. The van der Waals surface area contributed by atoms with Crippen LogP contribution >= 0.6 is 15.9 Å². The van der Waals surface area contributed by atoms with Crippen LogP contribution in [0.2, 0.25) is 0 Å². The summed E-state index contributed by atoms with van der Waals surface area (Å²) >= 11 is 3.46. The van der Waals surface area contributed by atoms with Gasteiger partial charge in [0.15, 0.2) is 0 Å². The van der Waals surface area contributed by atoms with E-state index in [1.807, 2.05) is 47.0 Å². The molecule has 0 aliphatic carbocycles. The maximum atomic E-state index is 8.70. The van der Waals surface area contributed by atoms with E-state index in [0.717, 1.165) is 26.8 Å². The second-order valence-electron chi connectivity index (χ2n) is 4.44. The number of nitrogens with zero attached hydrogens (tertiary/aromatic N) is 3. The van der Waals surface area contributed by atoms with Gasteiger partial charge >= 0.3 is 0 Å². The number of nitrogen functional groups attached to an aromatic ring is 1. The second kappa shape index (κ2) is 4.99. The summed E-state index contributed by atoms with van der Waals surface area (Å²) in [5.41, 5.74) is 9.74. The van der Waals surface area contributed by atoms with Crippen LogP contribution in [0.1, 0.15) is 5.56 Å². The molecule has 1 aromatic heterocycles. The van der Waals surface area contributed by atoms with Gasteiger partial charge in [-0.05, 0) is 35.9 Å². The minimum Gasteiger partial charge on any atom is -0.369 e. The number of fused-ring (bicyclic) bond motifs is 1. The van der Waals surface area contributed by atoms with E-state index in [4.69, 9.17) is 11.0 Å². The van der Waals surface area contributed by atoms with Crippen LogP contribution in [0.25, 0.3) is 16.7 Å². The van der Waals surface area contributed by atoms with Crippen LogP contribution in [0.5, 0.6) is 0 Å². The lowest BCUT2D eigenvalue weighted by Gasteiger charge is -2.07. The third-order valence-electron chi connectivity index (χ3n) is 3.12. The third-order valence-corrected chi connectivity index (χ3v) is 3.61. The van der Waals surface area contributed by atoms with E-state index in [1.165, 1.54) is 0 Å². The molecule has 4 nitrogen and oxygen atoms in total. The molecule has 0 bridgehead atoms. The van der Waals surface area contributed by atoms with E-state index in [2.05, 4.69) is 27.0 Å². The summed E-state index contributed by atoms with van der Waals surface area (Å²) < 4.78 is 2.88. The summed E-state index contributed by atoms with van der Waals surface area (Å²) in [4.78, 5) is 4.36. The van der Waals surface area contributed by atoms with Gasteiger partial charge in [0.05, 0.1) is 23.5 Å². The van der Waals surface area contributed by atoms with Crippen molar-refractivity contribution in [1.29, 1.82) is 5.26 Å². The first-order valence-electron chi connectivity index (χ1n) is 6.09. The number of hydrogen-bond acceptors (Lipinski definition) is 3. The Morgan fingerprint density at radius 1 is 1.20 bits per heavy atom. The quantitative estimate of drug-likeness (QED) is 0.784. The SMILES string of the molecule is N#CCc1ccc(-n2c(N)nc3ccc(Br)cc32)cc1. The standard InChI is InChI=1S/C15H11BrN4/c16-11-3-6-13-14(9-11)20(15(18)19-13)12-4-1-10(2-5-12)7-8-17/h1-6,9H,7H2,(H2,18,19). The fourth-order valence-corrected chi connectivity index (χ4v) is 2.54. The Balaban J connectivity index is 2.16. The van der Waals surface area contributed by atoms with Crippen molar-refractivity contribution in [2.45, 2.75) is 6.42 Å². The first-order chi connectivity index (χ1) is 9.69. The summed E-state index contributed by atoms with van der Waals surface area (Å²) in [5.74, 6) is 0.450. The molecule has 0 amide bonds. The number of aromatic nitrogens is 2. The zero-order valence-corrected chi connectivity index (χ0v) is 12.1. The van der Waals surface area contributed by atoms with Gasteiger partial charge in [0.25, 0.3) is 0 Å². The lowest BCUT2D eigenvalue weighted by molar-refractivity contribution is 1.10. The molecule has 5 heteroatoms. The molecule has 2 N–H and O–H groups in total. The summed E-state index contributed by atoms with van der Waals surface area (Å²) in [6.45, 7) is 0. The van der Waals surface area contributed by atoms with Gasteiger partial charge in [-0.15, -0.1) is 0 Å². The molecule has 20 heavy (non-hydrogen) atoms. The molecule has 0 fully saturated rings. The van der Waals surface area contributed by atoms with Crippen LogP contribution in [-0.2, 0) is 6.42 Å². The highest BCUT2D eigenvalue weighted by Gasteiger charge is 2.10. The highest BCUT2D eigenvalue weighted by Crippen LogP contribution is 2.26. The fraction of sp³-hybridized carbons (Fsp3) is 0.0667.